The van der Waals surface area contributed by atoms with Crippen LogP contribution in [0, 0.1) is 11.8 Å². The van der Waals surface area contributed by atoms with Gasteiger partial charge >= 0.3 is 6.09 Å². The number of piperidine rings is 3. The SMILES string of the molecule is CC(C)(C)OC(=O)N1CCC(C2CCN(c3ccc(C(=O)NC4CCC(=O)NC4=O)nc3)CC2)CC1. The number of likely N-dealkylation sites (tertiary alicyclic amines) is 1. The average Bonchev–Trinajstić information content (AvgIpc) is 2.85. The van der Waals surface area contributed by atoms with Crippen molar-refractivity contribution < 1.29 is 23.9 Å². The summed E-state index contributed by atoms with van der Waals surface area (Å²) in [6, 6.07) is 2.85. The van der Waals surface area contributed by atoms with Crippen molar-refractivity contribution in [1.82, 2.24) is 20.5 Å². The Morgan fingerprint density at radius 1 is 1.00 bits per heavy atom. The van der Waals surface area contributed by atoms with Crippen LogP contribution in [0.1, 0.15) is 69.8 Å². The zero-order chi connectivity index (χ0) is 25.9. The molecule has 10 nitrogen and oxygen atoms in total. The number of imide groups is 1. The molecule has 4 heterocycles. The fourth-order valence-electron chi connectivity index (χ4n) is 5.28. The molecule has 3 fully saturated rings. The van der Waals surface area contributed by atoms with Gasteiger partial charge in [0.15, 0.2) is 0 Å². The molecule has 1 unspecified atom stereocenters. The number of hydrogen-bond acceptors (Lipinski definition) is 7. The number of hydrogen-bond donors (Lipinski definition) is 2. The van der Waals surface area contributed by atoms with Gasteiger partial charge < -0.3 is 19.9 Å². The Bertz CT molecular complexity index is 973. The van der Waals surface area contributed by atoms with Crippen LogP contribution in [-0.2, 0) is 14.3 Å². The Balaban J connectivity index is 1.22. The van der Waals surface area contributed by atoms with E-state index in [1.165, 1.54) is 0 Å². The first-order valence-electron chi connectivity index (χ1n) is 12.9. The van der Waals surface area contributed by atoms with Crippen LogP contribution < -0.4 is 15.5 Å². The summed E-state index contributed by atoms with van der Waals surface area (Å²) in [7, 11) is 0. The molecule has 196 valence electrons. The molecule has 1 aromatic heterocycles. The maximum Gasteiger partial charge on any atom is 0.410 e. The van der Waals surface area contributed by atoms with E-state index in [1.807, 2.05) is 31.7 Å². The largest absolute Gasteiger partial charge is 0.444 e. The second-order valence-corrected chi connectivity index (χ2v) is 11.0. The van der Waals surface area contributed by atoms with Crippen molar-refractivity contribution in [2.75, 3.05) is 31.1 Å². The highest BCUT2D eigenvalue weighted by Crippen LogP contribution is 2.34. The molecule has 1 aromatic rings. The maximum absolute atomic E-state index is 12.5. The summed E-state index contributed by atoms with van der Waals surface area (Å²) in [6.45, 7) is 9.05. The number of nitrogens with zero attached hydrogens (tertiary/aromatic N) is 3. The van der Waals surface area contributed by atoms with Crippen LogP contribution in [0.25, 0.3) is 0 Å². The summed E-state index contributed by atoms with van der Waals surface area (Å²) in [4.78, 5) is 56.4. The van der Waals surface area contributed by atoms with E-state index >= 15 is 0 Å². The summed E-state index contributed by atoms with van der Waals surface area (Å²) in [5.74, 6) is 0.0565. The second kappa shape index (κ2) is 10.8. The highest BCUT2D eigenvalue weighted by Gasteiger charge is 2.33. The molecule has 0 bridgehead atoms. The Labute approximate surface area is 212 Å². The van der Waals surface area contributed by atoms with Crippen LogP contribution in [0.5, 0.6) is 0 Å². The van der Waals surface area contributed by atoms with Crippen LogP contribution in [-0.4, -0.2) is 71.5 Å². The van der Waals surface area contributed by atoms with Gasteiger partial charge in [-0.2, -0.15) is 0 Å². The molecule has 2 N–H and O–H groups in total. The first kappa shape index (κ1) is 25.9. The standard InChI is InChI=1S/C26H37N5O5/c1-26(2,3)36-25(35)31-14-10-18(11-15-31)17-8-12-30(13-9-17)19-4-5-20(27-16-19)23(33)28-21-6-7-22(32)29-24(21)34/h4-5,16-18,21H,6-15H2,1-3H3,(H,28,33)(H,29,32,34). The minimum absolute atomic E-state index is 0.210. The van der Waals surface area contributed by atoms with Crippen molar-refractivity contribution >= 4 is 29.5 Å². The molecule has 3 saturated heterocycles. The molecule has 4 rings (SSSR count). The molecule has 0 saturated carbocycles. The Hall–Kier alpha value is -3.17. The third kappa shape index (κ3) is 6.53. The van der Waals surface area contributed by atoms with Gasteiger partial charge in [-0.15, -0.1) is 0 Å². The molecular formula is C26H37N5O5. The minimum atomic E-state index is -0.716. The lowest BCUT2D eigenvalue weighted by Gasteiger charge is -2.41. The summed E-state index contributed by atoms with van der Waals surface area (Å²) < 4.78 is 5.51. The van der Waals surface area contributed by atoms with Gasteiger partial charge in [-0.05, 0) is 76.8 Å². The Morgan fingerprint density at radius 3 is 2.19 bits per heavy atom. The number of anilines is 1. The Kier molecular flexibility index (Phi) is 7.80. The van der Waals surface area contributed by atoms with Crippen molar-refractivity contribution in [3.8, 4) is 0 Å². The van der Waals surface area contributed by atoms with Crippen LogP contribution in [0.4, 0.5) is 10.5 Å². The maximum atomic E-state index is 12.5. The van der Waals surface area contributed by atoms with Gasteiger partial charge in [0.1, 0.15) is 17.3 Å². The zero-order valence-electron chi connectivity index (χ0n) is 21.4. The molecule has 0 aromatic carbocycles. The van der Waals surface area contributed by atoms with Crippen LogP contribution in [0.2, 0.25) is 0 Å². The van der Waals surface area contributed by atoms with E-state index < -0.39 is 23.5 Å². The summed E-state index contributed by atoms with van der Waals surface area (Å²) in [5.41, 5.74) is 0.756. The van der Waals surface area contributed by atoms with Crippen molar-refractivity contribution in [2.45, 2.75) is 70.9 Å². The van der Waals surface area contributed by atoms with E-state index in [0.29, 0.717) is 18.3 Å². The fraction of sp³-hybridized carbons (Fsp3) is 0.654. The number of aromatic nitrogens is 1. The lowest BCUT2D eigenvalue weighted by atomic mass is 9.79. The van der Waals surface area contributed by atoms with Gasteiger partial charge in [0.25, 0.3) is 5.91 Å². The first-order valence-corrected chi connectivity index (χ1v) is 12.9. The molecule has 3 aliphatic rings. The quantitative estimate of drug-likeness (QED) is 0.611. The van der Waals surface area contributed by atoms with Crippen molar-refractivity contribution in [2.24, 2.45) is 11.8 Å². The molecule has 10 heteroatoms. The number of ether oxygens (including phenoxy) is 1. The molecule has 4 amide bonds. The number of pyridine rings is 1. The zero-order valence-corrected chi connectivity index (χ0v) is 21.4. The predicted octanol–water partition coefficient (Wildman–Crippen LogP) is 2.48. The number of nitrogens with one attached hydrogen (secondary N) is 2. The van der Waals surface area contributed by atoms with Crippen molar-refractivity contribution in [3.63, 3.8) is 0 Å². The minimum Gasteiger partial charge on any atom is -0.444 e. The van der Waals surface area contributed by atoms with Gasteiger partial charge in [0.05, 0.1) is 11.9 Å². The second-order valence-electron chi connectivity index (χ2n) is 11.0. The summed E-state index contributed by atoms with van der Waals surface area (Å²) in [5, 5.41) is 4.89. The van der Waals surface area contributed by atoms with Crippen LogP contribution >= 0.6 is 0 Å². The molecule has 36 heavy (non-hydrogen) atoms. The number of carbonyl (C=O) groups is 4. The fourth-order valence-corrected chi connectivity index (χ4v) is 5.28. The molecular weight excluding hydrogens is 462 g/mol. The van der Waals surface area contributed by atoms with Gasteiger partial charge in [0.2, 0.25) is 11.8 Å². The van der Waals surface area contributed by atoms with E-state index in [0.717, 1.165) is 57.5 Å². The monoisotopic (exact) mass is 499 g/mol. The van der Waals surface area contributed by atoms with Crippen LogP contribution in [0.15, 0.2) is 18.3 Å². The van der Waals surface area contributed by atoms with E-state index in [-0.39, 0.29) is 24.1 Å². The van der Waals surface area contributed by atoms with Gasteiger partial charge in [0, 0.05) is 32.6 Å². The third-order valence-corrected chi connectivity index (χ3v) is 7.29. The Morgan fingerprint density at radius 2 is 1.64 bits per heavy atom. The topological polar surface area (TPSA) is 121 Å². The highest BCUT2D eigenvalue weighted by atomic mass is 16.6. The normalized spacial score (nSPS) is 22.2. The lowest BCUT2D eigenvalue weighted by Crippen LogP contribution is -2.52. The van der Waals surface area contributed by atoms with Gasteiger partial charge in [-0.25, -0.2) is 9.78 Å². The molecule has 0 aliphatic carbocycles. The third-order valence-electron chi connectivity index (χ3n) is 7.29. The average molecular weight is 500 g/mol. The highest BCUT2D eigenvalue weighted by molar-refractivity contribution is 6.03. The molecule has 1 atom stereocenters. The summed E-state index contributed by atoms with van der Waals surface area (Å²) >= 11 is 0. The number of carbonyl (C=O) groups excluding carboxylic acids is 4. The smallest absolute Gasteiger partial charge is 0.410 e. The molecule has 0 radical (unpaired) electrons. The molecule has 0 spiro atoms. The van der Waals surface area contributed by atoms with E-state index in [4.69, 9.17) is 4.74 Å². The van der Waals surface area contributed by atoms with Crippen molar-refractivity contribution in [3.05, 3.63) is 24.0 Å². The van der Waals surface area contributed by atoms with E-state index in [1.54, 1.807) is 12.3 Å². The number of rotatable bonds is 4. The van der Waals surface area contributed by atoms with Crippen LogP contribution in [0.3, 0.4) is 0 Å². The first-order chi connectivity index (χ1) is 17.1. The van der Waals surface area contributed by atoms with Crippen molar-refractivity contribution in [1.29, 1.82) is 0 Å². The molecule has 3 aliphatic heterocycles. The van der Waals surface area contributed by atoms with E-state index in [2.05, 4.69) is 20.5 Å². The van der Waals surface area contributed by atoms with Gasteiger partial charge in [-0.1, -0.05) is 0 Å². The van der Waals surface area contributed by atoms with Gasteiger partial charge in [-0.3, -0.25) is 19.7 Å². The number of amides is 4. The predicted molar refractivity (Wildman–Crippen MR) is 133 cm³/mol. The lowest BCUT2D eigenvalue weighted by molar-refractivity contribution is -0.134. The summed E-state index contributed by atoms with van der Waals surface area (Å²) in [6.07, 6.45) is 6.22. The van der Waals surface area contributed by atoms with E-state index in [9.17, 15) is 19.2 Å².